The summed E-state index contributed by atoms with van der Waals surface area (Å²) in [5.74, 6) is 0. The quantitative estimate of drug-likeness (QED) is 0.817. The first kappa shape index (κ1) is 15.0. The van der Waals surface area contributed by atoms with Gasteiger partial charge in [-0.05, 0) is 37.0 Å². The van der Waals surface area contributed by atoms with E-state index in [1.54, 1.807) is 0 Å². The highest BCUT2D eigenvalue weighted by molar-refractivity contribution is 9.10. The van der Waals surface area contributed by atoms with Crippen molar-refractivity contribution in [3.05, 3.63) is 33.8 Å². The Kier molecular flexibility index (Phi) is 5.86. The van der Waals surface area contributed by atoms with Gasteiger partial charge in [0, 0.05) is 10.5 Å². The van der Waals surface area contributed by atoms with E-state index in [0.29, 0.717) is 6.04 Å². The second-order valence-electron chi connectivity index (χ2n) is 5.60. The first-order valence-electron chi connectivity index (χ1n) is 7.33. The predicted molar refractivity (Wildman–Crippen MR) is 83.3 cm³/mol. The van der Waals surface area contributed by atoms with E-state index in [-0.39, 0.29) is 12.6 Å². The Labute approximate surface area is 124 Å². The summed E-state index contributed by atoms with van der Waals surface area (Å²) in [7, 11) is 0. The van der Waals surface area contributed by atoms with E-state index in [0.717, 1.165) is 4.47 Å². The molecule has 0 saturated heterocycles. The summed E-state index contributed by atoms with van der Waals surface area (Å²) >= 11 is 3.53. The van der Waals surface area contributed by atoms with Crippen LogP contribution in [0.3, 0.4) is 0 Å². The number of nitrogens with one attached hydrogen (secondary N) is 1. The van der Waals surface area contributed by atoms with Crippen molar-refractivity contribution in [2.24, 2.45) is 0 Å². The summed E-state index contributed by atoms with van der Waals surface area (Å²) in [6.45, 7) is 2.26. The predicted octanol–water partition coefficient (Wildman–Crippen LogP) is 4.10. The fourth-order valence-electron chi connectivity index (χ4n) is 2.87. The number of aliphatic hydroxyl groups is 1. The van der Waals surface area contributed by atoms with E-state index >= 15 is 0 Å². The highest BCUT2D eigenvalue weighted by atomic mass is 79.9. The molecular weight excluding hydrogens is 302 g/mol. The monoisotopic (exact) mass is 325 g/mol. The molecule has 0 radical (unpaired) electrons. The van der Waals surface area contributed by atoms with Crippen molar-refractivity contribution in [3.8, 4) is 0 Å². The van der Waals surface area contributed by atoms with Crippen LogP contribution in [0.2, 0.25) is 0 Å². The molecule has 0 aromatic heterocycles. The molecule has 1 unspecified atom stereocenters. The summed E-state index contributed by atoms with van der Waals surface area (Å²) in [5, 5.41) is 13.3. The first-order valence-corrected chi connectivity index (χ1v) is 8.13. The third-order valence-corrected chi connectivity index (χ3v) is 4.95. The molecule has 1 saturated carbocycles. The van der Waals surface area contributed by atoms with Crippen LogP contribution in [0.4, 0.5) is 0 Å². The number of hydrogen-bond donors (Lipinski definition) is 2. The summed E-state index contributed by atoms with van der Waals surface area (Å²) in [6, 6.07) is 6.96. The second kappa shape index (κ2) is 7.41. The minimum Gasteiger partial charge on any atom is -0.394 e. The molecule has 2 N–H and O–H groups in total. The summed E-state index contributed by atoms with van der Waals surface area (Å²) in [6.07, 6.45) is 7.83. The smallest absolute Gasteiger partial charge is 0.0626 e. The largest absolute Gasteiger partial charge is 0.394 e. The Morgan fingerprint density at radius 1 is 1.26 bits per heavy atom. The minimum absolute atomic E-state index is 0.0647. The number of hydrogen-bond acceptors (Lipinski definition) is 2. The lowest BCUT2D eigenvalue weighted by molar-refractivity contribution is 0.228. The van der Waals surface area contributed by atoms with Gasteiger partial charge in [-0.25, -0.2) is 0 Å². The molecule has 1 atom stereocenters. The molecule has 1 aliphatic carbocycles. The highest BCUT2D eigenvalue weighted by Gasteiger charge is 2.18. The van der Waals surface area contributed by atoms with Gasteiger partial charge in [0.15, 0.2) is 0 Å². The first-order chi connectivity index (χ1) is 9.20. The van der Waals surface area contributed by atoms with E-state index < -0.39 is 0 Å². The normalized spacial score (nSPS) is 19.1. The van der Waals surface area contributed by atoms with Gasteiger partial charge >= 0.3 is 0 Å². The zero-order chi connectivity index (χ0) is 13.7. The molecule has 1 aromatic rings. The van der Waals surface area contributed by atoms with Gasteiger partial charge in [-0.15, -0.1) is 0 Å². The van der Waals surface area contributed by atoms with E-state index in [9.17, 15) is 5.11 Å². The number of benzene rings is 1. The SMILES string of the molecule is Cc1cc(C(CO)NC2CCCCCC2)ccc1Br. The molecular formula is C16H24BrNO. The maximum Gasteiger partial charge on any atom is 0.0626 e. The van der Waals surface area contributed by atoms with Gasteiger partial charge in [-0.1, -0.05) is 53.7 Å². The fourth-order valence-corrected chi connectivity index (χ4v) is 3.12. The van der Waals surface area contributed by atoms with Crippen LogP contribution in [0.25, 0.3) is 0 Å². The van der Waals surface area contributed by atoms with Crippen LogP contribution in [0.1, 0.15) is 55.7 Å². The van der Waals surface area contributed by atoms with E-state index in [4.69, 9.17) is 0 Å². The van der Waals surface area contributed by atoms with E-state index in [1.165, 1.54) is 49.7 Å². The third kappa shape index (κ3) is 4.30. The molecule has 0 aliphatic heterocycles. The maximum absolute atomic E-state index is 9.67. The molecule has 0 spiro atoms. The van der Waals surface area contributed by atoms with Crippen LogP contribution < -0.4 is 5.32 Å². The summed E-state index contributed by atoms with van der Waals surface area (Å²) in [4.78, 5) is 0. The van der Waals surface area contributed by atoms with E-state index in [1.807, 2.05) is 0 Å². The van der Waals surface area contributed by atoms with E-state index in [2.05, 4.69) is 46.4 Å². The van der Waals surface area contributed by atoms with Crippen LogP contribution in [0.5, 0.6) is 0 Å². The molecule has 2 nitrogen and oxygen atoms in total. The molecule has 106 valence electrons. The second-order valence-corrected chi connectivity index (χ2v) is 6.45. The van der Waals surface area contributed by atoms with Crippen molar-refractivity contribution < 1.29 is 5.11 Å². The Morgan fingerprint density at radius 3 is 2.53 bits per heavy atom. The number of rotatable bonds is 4. The van der Waals surface area contributed by atoms with Crippen LogP contribution in [0.15, 0.2) is 22.7 Å². The molecule has 1 fully saturated rings. The van der Waals surface area contributed by atoms with Gasteiger partial charge in [0.05, 0.1) is 12.6 Å². The Morgan fingerprint density at radius 2 is 1.95 bits per heavy atom. The van der Waals surface area contributed by atoms with Gasteiger partial charge in [-0.2, -0.15) is 0 Å². The number of aryl methyl sites for hydroxylation is 1. The van der Waals surface area contributed by atoms with Gasteiger partial charge in [0.1, 0.15) is 0 Å². The lowest BCUT2D eigenvalue weighted by Crippen LogP contribution is -2.34. The van der Waals surface area contributed by atoms with Crippen LogP contribution >= 0.6 is 15.9 Å². The molecule has 1 aromatic carbocycles. The van der Waals surface area contributed by atoms with Crippen molar-refractivity contribution in [1.29, 1.82) is 0 Å². The van der Waals surface area contributed by atoms with Crippen molar-refractivity contribution in [2.45, 2.75) is 57.5 Å². The number of aliphatic hydroxyl groups excluding tert-OH is 1. The average Bonchev–Trinajstić information content (AvgIpc) is 2.68. The van der Waals surface area contributed by atoms with Crippen molar-refractivity contribution in [3.63, 3.8) is 0 Å². The van der Waals surface area contributed by atoms with Gasteiger partial charge in [0.2, 0.25) is 0 Å². The summed E-state index contributed by atoms with van der Waals surface area (Å²) < 4.78 is 1.13. The topological polar surface area (TPSA) is 32.3 Å². The Bertz CT molecular complexity index is 400. The fraction of sp³-hybridized carbons (Fsp3) is 0.625. The molecule has 1 aliphatic rings. The molecule has 0 heterocycles. The van der Waals surface area contributed by atoms with Crippen LogP contribution in [-0.2, 0) is 0 Å². The van der Waals surface area contributed by atoms with Crippen molar-refractivity contribution in [2.75, 3.05) is 6.61 Å². The third-order valence-electron chi connectivity index (χ3n) is 4.06. The lowest BCUT2D eigenvalue weighted by atomic mass is 10.0. The lowest BCUT2D eigenvalue weighted by Gasteiger charge is -2.24. The number of halogens is 1. The molecule has 0 amide bonds. The van der Waals surface area contributed by atoms with Crippen molar-refractivity contribution >= 4 is 15.9 Å². The van der Waals surface area contributed by atoms with Gasteiger partial charge < -0.3 is 10.4 Å². The molecule has 3 heteroatoms. The molecule has 19 heavy (non-hydrogen) atoms. The Hall–Kier alpha value is -0.380. The Balaban J connectivity index is 2.03. The molecule has 2 rings (SSSR count). The average molecular weight is 326 g/mol. The maximum atomic E-state index is 9.67. The minimum atomic E-state index is 0.0647. The summed E-state index contributed by atoms with van der Waals surface area (Å²) in [5.41, 5.74) is 2.41. The zero-order valence-corrected chi connectivity index (χ0v) is 13.2. The van der Waals surface area contributed by atoms with Gasteiger partial charge in [-0.3, -0.25) is 0 Å². The van der Waals surface area contributed by atoms with Crippen LogP contribution in [0, 0.1) is 6.92 Å². The zero-order valence-electron chi connectivity index (χ0n) is 11.7. The highest BCUT2D eigenvalue weighted by Crippen LogP contribution is 2.24. The van der Waals surface area contributed by atoms with Gasteiger partial charge in [0.25, 0.3) is 0 Å². The molecule has 0 bridgehead atoms. The van der Waals surface area contributed by atoms with Crippen LogP contribution in [-0.4, -0.2) is 17.8 Å². The van der Waals surface area contributed by atoms with Crippen molar-refractivity contribution in [1.82, 2.24) is 5.32 Å². The standard InChI is InChI=1S/C16H24BrNO/c1-12-10-13(8-9-15(12)17)16(11-19)18-14-6-4-2-3-5-7-14/h8-10,14,16,18-19H,2-7,11H2,1H3.